The van der Waals surface area contributed by atoms with Crippen LogP contribution in [0.2, 0.25) is 0 Å². The molecule has 0 aliphatic heterocycles. The molecular formula is C36H4F16N6. The maximum absolute atomic E-state index is 17.2. The molecule has 0 bridgehead atoms. The monoisotopic (exact) mass is 824 g/mol. The van der Waals surface area contributed by atoms with E-state index in [1.54, 1.807) is 0 Å². The number of fused-ring (bicyclic) bond motifs is 2. The second kappa shape index (κ2) is 13.6. The molecular weight excluding hydrogens is 820 g/mol. The lowest BCUT2D eigenvalue weighted by atomic mass is 9.87. The Morgan fingerprint density at radius 1 is 0.379 bits per heavy atom. The van der Waals surface area contributed by atoms with Crippen LogP contribution in [0.5, 0.6) is 0 Å². The summed E-state index contributed by atoms with van der Waals surface area (Å²) >= 11 is 0. The van der Waals surface area contributed by atoms with E-state index in [4.69, 9.17) is 0 Å². The Bertz CT molecular complexity index is 2530. The third-order valence-electron chi connectivity index (χ3n) is 8.49. The van der Waals surface area contributed by atoms with Gasteiger partial charge in [0.15, 0.2) is 0 Å². The highest BCUT2D eigenvalue weighted by atomic mass is 19.4. The lowest BCUT2D eigenvalue weighted by Crippen LogP contribution is -2.16. The van der Waals surface area contributed by atoms with Crippen molar-refractivity contribution in [2.24, 2.45) is 0 Å². The molecule has 0 spiro atoms. The fourth-order valence-corrected chi connectivity index (χ4v) is 6.32. The summed E-state index contributed by atoms with van der Waals surface area (Å²) in [5.41, 5.74) is -32.0. The molecule has 3 aromatic carbocycles. The zero-order valence-electron chi connectivity index (χ0n) is 27.0. The largest absolute Gasteiger partial charge is 0.419 e. The highest BCUT2D eigenvalue weighted by Crippen LogP contribution is 2.58. The third-order valence-corrected chi connectivity index (χ3v) is 8.49. The van der Waals surface area contributed by atoms with Gasteiger partial charge in [-0.15, -0.1) is 0 Å². The molecule has 3 aromatic rings. The van der Waals surface area contributed by atoms with E-state index in [9.17, 15) is 93.0 Å². The molecule has 0 heterocycles. The molecule has 2 aliphatic rings. The molecule has 0 fully saturated rings. The fourth-order valence-electron chi connectivity index (χ4n) is 6.32. The van der Waals surface area contributed by atoms with Crippen LogP contribution in [0.1, 0.15) is 55.6 Å². The van der Waals surface area contributed by atoms with Crippen LogP contribution in [0.25, 0.3) is 33.4 Å². The summed E-state index contributed by atoms with van der Waals surface area (Å²) in [4.78, 5) is 0. The van der Waals surface area contributed by atoms with E-state index in [0.717, 1.165) is 36.4 Å². The van der Waals surface area contributed by atoms with E-state index in [0.29, 0.717) is 0 Å². The summed E-state index contributed by atoms with van der Waals surface area (Å²) in [5, 5.41) is 59.3. The zero-order chi connectivity index (χ0) is 43.8. The van der Waals surface area contributed by atoms with Gasteiger partial charge < -0.3 is 0 Å². The molecule has 58 heavy (non-hydrogen) atoms. The van der Waals surface area contributed by atoms with Crippen LogP contribution in [0, 0.1) is 91.3 Å². The minimum atomic E-state index is -5.96. The number of hydrogen-bond donors (Lipinski definition) is 0. The molecule has 0 radical (unpaired) electrons. The summed E-state index contributed by atoms with van der Waals surface area (Å²) in [6.45, 7) is 0. The third kappa shape index (κ3) is 6.22. The number of benzene rings is 3. The molecule has 290 valence electrons. The maximum Gasteiger partial charge on any atom is 0.419 e. The summed E-state index contributed by atoms with van der Waals surface area (Å²) in [6, 6.07) is 5.12. The SMILES string of the molecule is N#CC(C#N)=C1C(c2cc(C(F)(F)F)c(F)c(C(F)(F)F)c2)=C(C#N)c2c(F)c3c(c(F)c21)C(=C(C#N)C#N)C(c1cc(C(F)(F)F)c(F)c(C(F)(F)F)c1)=C3C#N. The Kier molecular flexibility index (Phi) is 9.74. The van der Waals surface area contributed by atoms with Crippen LogP contribution in [0.3, 0.4) is 0 Å². The Morgan fingerprint density at radius 2 is 0.621 bits per heavy atom. The fraction of sp³-hybridized carbons (Fsp3) is 0.111. The van der Waals surface area contributed by atoms with E-state index < -0.39 is 148 Å². The average Bonchev–Trinajstić information content (AvgIpc) is 3.64. The minimum Gasteiger partial charge on any atom is -0.206 e. The van der Waals surface area contributed by atoms with Crippen molar-refractivity contribution in [3.63, 3.8) is 0 Å². The number of nitriles is 6. The first kappa shape index (κ1) is 41.6. The standard InChI is InChI=1S/C36H4F16N6/c37-29-17(33(41,42)43)1-11(2-18(29)34(44,45)46)21-15(9-57)25-27(23(21)13(5-53)6-54)32(40)28-24(14(7-55)8-56)22(16(10-58)26(28)31(25)39)12-3-19(35(47,48)49)30(38)20(4-12)36(50,51)52/h1-4H. The zero-order valence-corrected chi connectivity index (χ0v) is 27.0. The number of halogens is 16. The predicted molar refractivity (Wildman–Crippen MR) is 160 cm³/mol. The van der Waals surface area contributed by atoms with E-state index in [1.165, 1.54) is 0 Å². The topological polar surface area (TPSA) is 143 Å². The minimum absolute atomic E-state index is 0.377. The van der Waals surface area contributed by atoms with Crippen LogP contribution < -0.4 is 0 Å². The first-order valence-corrected chi connectivity index (χ1v) is 14.7. The Morgan fingerprint density at radius 3 is 0.828 bits per heavy atom. The van der Waals surface area contributed by atoms with Gasteiger partial charge in [-0.05, 0) is 35.4 Å². The summed E-state index contributed by atoms with van der Waals surface area (Å²) < 4.78 is 230. The quantitative estimate of drug-likeness (QED) is 0.186. The van der Waals surface area contributed by atoms with Crippen molar-refractivity contribution in [2.45, 2.75) is 24.7 Å². The highest BCUT2D eigenvalue weighted by Gasteiger charge is 2.48. The van der Waals surface area contributed by atoms with Gasteiger partial charge in [-0.3, -0.25) is 0 Å². The van der Waals surface area contributed by atoms with Crippen molar-refractivity contribution >= 4 is 33.4 Å². The molecule has 22 heteroatoms. The van der Waals surface area contributed by atoms with Gasteiger partial charge in [0.05, 0.1) is 33.4 Å². The second-order valence-electron chi connectivity index (χ2n) is 11.6. The number of allylic oxidation sites excluding steroid dienone is 8. The Balaban J connectivity index is 2.09. The van der Waals surface area contributed by atoms with Gasteiger partial charge >= 0.3 is 24.7 Å². The molecule has 0 saturated heterocycles. The van der Waals surface area contributed by atoms with Gasteiger partial charge in [-0.25, -0.2) is 17.6 Å². The smallest absolute Gasteiger partial charge is 0.206 e. The summed E-state index contributed by atoms with van der Waals surface area (Å²) in [6.07, 6.45) is -23.8. The summed E-state index contributed by atoms with van der Waals surface area (Å²) in [5.74, 6) is -10.2. The maximum atomic E-state index is 17.2. The second-order valence-corrected chi connectivity index (χ2v) is 11.6. The molecule has 2 aliphatic carbocycles. The van der Waals surface area contributed by atoms with E-state index >= 15 is 8.78 Å². The van der Waals surface area contributed by atoms with Gasteiger partial charge in [0.1, 0.15) is 70.8 Å². The number of rotatable bonds is 2. The molecule has 5 rings (SSSR count). The predicted octanol–water partition coefficient (Wildman–Crippen LogP) is 10.8. The van der Waals surface area contributed by atoms with Crippen LogP contribution in [0.4, 0.5) is 70.2 Å². The number of nitrogens with zero attached hydrogens (tertiary/aromatic N) is 6. The van der Waals surface area contributed by atoms with Gasteiger partial charge in [0.2, 0.25) is 0 Å². The van der Waals surface area contributed by atoms with Gasteiger partial charge in [0, 0.05) is 44.5 Å². The Hall–Kier alpha value is -7.56. The molecule has 0 unspecified atom stereocenters. The lowest BCUT2D eigenvalue weighted by Gasteiger charge is -2.18. The molecule has 0 atom stereocenters. The van der Waals surface area contributed by atoms with Crippen molar-refractivity contribution in [2.75, 3.05) is 0 Å². The molecule has 0 amide bonds. The highest BCUT2D eigenvalue weighted by molar-refractivity contribution is 6.30. The van der Waals surface area contributed by atoms with Crippen molar-refractivity contribution in [1.29, 1.82) is 31.6 Å². The van der Waals surface area contributed by atoms with E-state index in [1.807, 2.05) is 0 Å². The Labute approximate surface area is 310 Å². The molecule has 0 aromatic heterocycles. The van der Waals surface area contributed by atoms with Gasteiger partial charge in [-0.1, -0.05) is 0 Å². The van der Waals surface area contributed by atoms with Crippen LogP contribution in [-0.4, -0.2) is 0 Å². The molecule has 6 nitrogen and oxygen atoms in total. The average molecular weight is 824 g/mol. The van der Waals surface area contributed by atoms with Crippen molar-refractivity contribution in [3.05, 3.63) is 114 Å². The van der Waals surface area contributed by atoms with Gasteiger partial charge in [0.25, 0.3) is 0 Å². The lowest BCUT2D eigenvalue weighted by molar-refractivity contribution is -0.149. The van der Waals surface area contributed by atoms with Crippen LogP contribution in [0.15, 0.2) is 35.4 Å². The van der Waals surface area contributed by atoms with Crippen LogP contribution in [-0.2, 0) is 24.7 Å². The van der Waals surface area contributed by atoms with Crippen LogP contribution >= 0.6 is 0 Å². The molecule has 0 saturated carbocycles. The van der Waals surface area contributed by atoms with Crippen molar-refractivity contribution < 1.29 is 70.2 Å². The first-order valence-electron chi connectivity index (χ1n) is 14.7. The van der Waals surface area contributed by atoms with E-state index in [2.05, 4.69) is 0 Å². The number of hydrogen-bond acceptors (Lipinski definition) is 6. The summed E-state index contributed by atoms with van der Waals surface area (Å²) in [7, 11) is 0. The number of alkyl halides is 12. The van der Waals surface area contributed by atoms with E-state index in [-0.39, 0.29) is 24.3 Å². The normalized spacial score (nSPS) is 13.9. The molecule has 0 N–H and O–H groups in total. The van der Waals surface area contributed by atoms with Crippen molar-refractivity contribution in [1.82, 2.24) is 0 Å². The first-order chi connectivity index (χ1) is 26.8. The van der Waals surface area contributed by atoms with Crippen molar-refractivity contribution in [3.8, 4) is 36.4 Å². The van der Waals surface area contributed by atoms with Gasteiger partial charge in [-0.2, -0.15) is 84.3 Å².